The number of thioether (sulfide) groups is 1. The Kier molecular flexibility index (Phi) is 4.41. The Labute approximate surface area is 123 Å². The van der Waals surface area contributed by atoms with Gasteiger partial charge in [0.1, 0.15) is 0 Å². The van der Waals surface area contributed by atoms with Gasteiger partial charge in [0.05, 0.1) is 16.9 Å². The molecule has 1 heterocycles. The third-order valence-corrected chi connectivity index (χ3v) is 7.25. The molecule has 98 valence electrons. The second kappa shape index (κ2) is 5.53. The largest absolute Gasteiger partial charge is 0.282 e. The van der Waals surface area contributed by atoms with Gasteiger partial charge in [-0.2, -0.15) is 0 Å². The number of alkyl halides is 1. The van der Waals surface area contributed by atoms with E-state index >= 15 is 0 Å². The quantitative estimate of drug-likeness (QED) is 0.752. The van der Waals surface area contributed by atoms with E-state index in [1.807, 2.05) is 6.07 Å². The number of hydrogen-bond acceptors (Lipinski definition) is 4. The van der Waals surface area contributed by atoms with Crippen molar-refractivity contribution in [2.45, 2.75) is 10.6 Å². The predicted octanol–water partition coefficient (Wildman–Crippen LogP) is 2.73. The second-order valence-electron chi connectivity index (χ2n) is 4.02. The number of hydrogen-bond donors (Lipinski definition) is 0. The molecule has 0 amide bonds. The van der Waals surface area contributed by atoms with E-state index in [2.05, 4.69) is 15.9 Å². The average molecular weight is 370 g/mol. The summed E-state index contributed by atoms with van der Waals surface area (Å²) in [4.78, 5) is 12.1. The molecule has 2 atom stereocenters. The van der Waals surface area contributed by atoms with Crippen LogP contribution in [0, 0.1) is 0 Å². The molecule has 7 heteroatoms. The molecular formula is C11H10BrClO3S2. The molecule has 3 nitrogen and oxygen atoms in total. The lowest BCUT2D eigenvalue weighted by Crippen LogP contribution is -2.17. The second-order valence-corrected chi connectivity index (χ2v) is 8.80. The lowest BCUT2D eigenvalue weighted by Gasteiger charge is -2.10. The monoisotopic (exact) mass is 368 g/mol. The first-order chi connectivity index (χ1) is 8.39. The first-order valence-electron chi connectivity index (χ1n) is 5.19. The summed E-state index contributed by atoms with van der Waals surface area (Å²) in [5, 5.41) is -1.02. The Morgan fingerprint density at radius 3 is 2.56 bits per heavy atom. The van der Waals surface area contributed by atoms with Crippen molar-refractivity contribution in [3.63, 3.8) is 0 Å². The minimum absolute atomic E-state index is 0.0258. The SMILES string of the molecule is O=C(SC1CS(=O)(=O)CC1Cl)c1ccccc1Br. The van der Waals surface area contributed by atoms with Crippen molar-refractivity contribution in [2.24, 2.45) is 0 Å². The first kappa shape index (κ1) is 14.4. The van der Waals surface area contributed by atoms with Gasteiger partial charge in [-0.05, 0) is 12.1 Å². The molecule has 0 aromatic heterocycles. The maximum atomic E-state index is 12.1. The molecule has 1 aromatic rings. The summed E-state index contributed by atoms with van der Waals surface area (Å²) in [5.74, 6) is -0.0719. The van der Waals surface area contributed by atoms with Gasteiger partial charge in [0, 0.05) is 15.3 Å². The van der Waals surface area contributed by atoms with Gasteiger partial charge < -0.3 is 0 Å². The summed E-state index contributed by atoms with van der Waals surface area (Å²) in [6.07, 6.45) is 0. The number of benzene rings is 1. The van der Waals surface area contributed by atoms with Crippen molar-refractivity contribution in [2.75, 3.05) is 11.5 Å². The van der Waals surface area contributed by atoms with Crippen molar-refractivity contribution in [3.8, 4) is 0 Å². The molecule has 1 aliphatic rings. The highest BCUT2D eigenvalue weighted by molar-refractivity contribution is 9.10. The Balaban J connectivity index is 2.12. The van der Waals surface area contributed by atoms with Crippen LogP contribution in [0.3, 0.4) is 0 Å². The van der Waals surface area contributed by atoms with E-state index in [4.69, 9.17) is 11.6 Å². The maximum absolute atomic E-state index is 12.1. The maximum Gasteiger partial charge on any atom is 0.220 e. The van der Waals surface area contributed by atoms with Crippen LogP contribution >= 0.6 is 39.3 Å². The third-order valence-electron chi connectivity index (χ3n) is 2.59. The molecule has 1 saturated heterocycles. The van der Waals surface area contributed by atoms with E-state index < -0.39 is 15.2 Å². The molecular weight excluding hydrogens is 360 g/mol. The summed E-state index contributed by atoms with van der Waals surface area (Å²) in [6.45, 7) is 0. The summed E-state index contributed by atoms with van der Waals surface area (Å²) >= 11 is 10.3. The lowest BCUT2D eigenvalue weighted by atomic mass is 10.2. The predicted molar refractivity (Wildman–Crippen MR) is 78.1 cm³/mol. The Hall–Kier alpha value is -0.0400. The fourth-order valence-electron chi connectivity index (χ4n) is 1.71. The van der Waals surface area contributed by atoms with E-state index in [1.165, 1.54) is 0 Å². The summed E-state index contributed by atoms with van der Waals surface area (Å²) in [5.41, 5.74) is 0.538. The van der Waals surface area contributed by atoms with Crippen molar-refractivity contribution >= 4 is 54.2 Å². The van der Waals surface area contributed by atoms with Crippen LogP contribution in [0.5, 0.6) is 0 Å². The molecule has 0 bridgehead atoms. The number of halogens is 2. The number of sulfone groups is 1. The minimum atomic E-state index is -3.10. The molecule has 0 spiro atoms. The van der Waals surface area contributed by atoms with Gasteiger partial charge >= 0.3 is 0 Å². The van der Waals surface area contributed by atoms with E-state index in [9.17, 15) is 13.2 Å². The highest BCUT2D eigenvalue weighted by Crippen LogP contribution is 2.32. The Morgan fingerprint density at radius 1 is 1.33 bits per heavy atom. The van der Waals surface area contributed by atoms with Crippen LogP contribution in [0.1, 0.15) is 10.4 Å². The smallest absolute Gasteiger partial charge is 0.220 e. The van der Waals surface area contributed by atoms with Gasteiger partial charge in [0.2, 0.25) is 5.12 Å². The molecule has 0 N–H and O–H groups in total. The van der Waals surface area contributed by atoms with E-state index in [0.717, 1.165) is 11.8 Å². The number of carbonyl (C=O) groups excluding carboxylic acids is 1. The zero-order chi connectivity index (χ0) is 13.3. The topological polar surface area (TPSA) is 51.2 Å². The third kappa shape index (κ3) is 3.29. The van der Waals surface area contributed by atoms with Crippen molar-refractivity contribution in [3.05, 3.63) is 34.3 Å². The van der Waals surface area contributed by atoms with Gasteiger partial charge in [0.25, 0.3) is 0 Å². The molecule has 1 aliphatic heterocycles. The van der Waals surface area contributed by atoms with Gasteiger partial charge in [-0.15, -0.1) is 11.6 Å². The van der Waals surface area contributed by atoms with Crippen molar-refractivity contribution < 1.29 is 13.2 Å². The minimum Gasteiger partial charge on any atom is -0.282 e. The number of carbonyl (C=O) groups is 1. The molecule has 0 aliphatic carbocycles. The van der Waals surface area contributed by atoms with Crippen LogP contribution in [0.2, 0.25) is 0 Å². The molecule has 2 rings (SSSR count). The highest BCUT2D eigenvalue weighted by Gasteiger charge is 2.38. The molecule has 0 saturated carbocycles. The van der Waals surface area contributed by atoms with Crippen LogP contribution in [-0.4, -0.2) is 35.7 Å². The fourth-order valence-corrected chi connectivity index (χ4v) is 6.66. The summed E-state index contributed by atoms with van der Waals surface area (Å²) in [6, 6.07) is 7.06. The molecule has 1 fully saturated rings. The van der Waals surface area contributed by atoms with Crippen LogP contribution < -0.4 is 0 Å². The van der Waals surface area contributed by atoms with Crippen molar-refractivity contribution in [1.29, 1.82) is 0 Å². The van der Waals surface area contributed by atoms with Crippen LogP contribution in [0.25, 0.3) is 0 Å². The first-order valence-corrected chi connectivity index (χ1v) is 9.12. The van der Waals surface area contributed by atoms with Crippen LogP contribution in [-0.2, 0) is 9.84 Å². The zero-order valence-corrected chi connectivity index (χ0v) is 13.2. The van der Waals surface area contributed by atoms with Gasteiger partial charge in [-0.25, -0.2) is 8.42 Å². The van der Waals surface area contributed by atoms with Crippen molar-refractivity contribution in [1.82, 2.24) is 0 Å². The average Bonchev–Trinajstić information content (AvgIpc) is 2.52. The number of rotatable bonds is 2. The molecule has 0 radical (unpaired) electrons. The normalized spacial score (nSPS) is 26.1. The molecule has 1 aromatic carbocycles. The Bertz CT molecular complexity index is 573. The van der Waals surface area contributed by atoms with E-state index in [1.54, 1.807) is 18.2 Å². The summed E-state index contributed by atoms with van der Waals surface area (Å²) < 4.78 is 23.5. The molecule has 18 heavy (non-hydrogen) atoms. The van der Waals surface area contributed by atoms with E-state index in [-0.39, 0.29) is 21.9 Å². The lowest BCUT2D eigenvalue weighted by molar-refractivity contribution is 0.108. The van der Waals surface area contributed by atoms with Crippen LogP contribution in [0.4, 0.5) is 0 Å². The van der Waals surface area contributed by atoms with Crippen LogP contribution in [0.15, 0.2) is 28.7 Å². The Morgan fingerprint density at radius 2 is 2.00 bits per heavy atom. The highest BCUT2D eigenvalue weighted by atomic mass is 79.9. The zero-order valence-electron chi connectivity index (χ0n) is 9.18. The van der Waals surface area contributed by atoms with E-state index in [0.29, 0.717) is 10.0 Å². The van der Waals surface area contributed by atoms with Gasteiger partial charge in [-0.3, -0.25) is 4.79 Å². The van der Waals surface area contributed by atoms with Gasteiger partial charge in [0.15, 0.2) is 9.84 Å². The van der Waals surface area contributed by atoms with Gasteiger partial charge in [-0.1, -0.05) is 39.8 Å². The summed E-state index contributed by atoms with van der Waals surface area (Å²) in [7, 11) is -3.10. The molecule has 2 unspecified atom stereocenters. The fraction of sp³-hybridized carbons (Fsp3) is 0.364. The standard InChI is InChI=1S/C11H10BrClO3S2/c12-8-4-2-1-3-7(8)11(14)17-10-6-18(15,16)5-9(10)13/h1-4,9-10H,5-6H2.